The van der Waals surface area contributed by atoms with Crippen molar-refractivity contribution in [3.05, 3.63) is 104 Å². The molecule has 62 heavy (non-hydrogen) atoms. The van der Waals surface area contributed by atoms with E-state index < -0.39 is 0 Å². The molecule has 0 radical (unpaired) electrons. The van der Waals surface area contributed by atoms with Crippen molar-refractivity contribution >= 4 is 23.5 Å². The van der Waals surface area contributed by atoms with Gasteiger partial charge >= 0.3 is 0 Å². The molecule has 324 valence electrons. The molecule has 2 atom stereocenters. The third-order valence-corrected chi connectivity index (χ3v) is 14.0. The number of piperazine rings is 2. The highest BCUT2D eigenvalue weighted by Crippen LogP contribution is 2.39. The fourth-order valence-corrected chi connectivity index (χ4v) is 10.6. The molecular weight excluding hydrogens is 785 g/mol. The molecule has 10 heterocycles. The lowest BCUT2D eigenvalue weighted by Gasteiger charge is -2.34. The number of ether oxygens (including phenoxy) is 4. The highest BCUT2D eigenvalue weighted by Gasteiger charge is 2.42. The van der Waals surface area contributed by atoms with Crippen LogP contribution in [0.5, 0.6) is 11.5 Å². The van der Waals surface area contributed by atoms with Crippen LogP contribution in [0.2, 0.25) is 0 Å². The molecule has 0 saturated carbocycles. The summed E-state index contributed by atoms with van der Waals surface area (Å²) in [6.45, 7) is 15.4. The number of hydrogen-bond acceptors (Lipinski definition) is 12. The zero-order chi connectivity index (χ0) is 41.9. The van der Waals surface area contributed by atoms with E-state index in [0.29, 0.717) is 26.4 Å². The Kier molecular flexibility index (Phi) is 10.5. The molecule has 4 aromatic rings. The molecule has 8 aliphatic heterocycles. The molecule has 2 unspecified atom stereocenters. The number of amides is 2. The van der Waals surface area contributed by atoms with Crippen LogP contribution in [0, 0.1) is 13.8 Å². The molecule has 8 aliphatic rings. The van der Waals surface area contributed by atoms with Crippen molar-refractivity contribution in [2.75, 3.05) is 75.2 Å². The van der Waals surface area contributed by atoms with Crippen LogP contribution in [0.4, 0.5) is 11.6 Å². The molecule has 4 fully saturated rings. The number of aromatic nitrogens is 2. The Morgan fingerprint density at radius 1 is 0.565 bits per heavy atom. The SMILES string of the molecule is Cc1cc2c(nc1N1CCC(Oc3ccc4c(c3)COC4)CC1)C1CNCCN1C2=O.Cc1cc2c(nc1N1CCC(Oc3ccc4c(c3)COC4)CC1)C1CNCCN1C2=O. The summed E-state index contributed by atoms with van der Waals surface area (Å²) in [5, 5.41) is 6.81. The first kappa shape index (κ1) is 39.6. The van der Waals surface area contributed by atoms with E-state index >= 15 is 0 Å². The second kappa shape index (κ2) is 16.4. The predicted octanol–water partition coefficient (Wildman–Crippen LogP) is 5.14. The fraction of sp³-hybridized carbons (Fsp3) is 0.500. The number of carbonyl (C=O) groups excluding carboxylic acids is 2. The van der Waals surface area contributed by atoms with Crippen molar-refractivity contribution < 1.29 is 28.5 Å². The summed E-state index contributed by atoms with van der Waals surface area (Å²) in [7, 11) is 0. The predicted molar refractivity (Wildman–Crippen MR) is 233 cm³/mol. The van der Waals surface area contributed by atoms with Crippen LogP contribution < -0.4 is 29.9 Å². The van der Waals surface area contributed by atoms with Gasteiger partial charge in [0, 0.05) is 91.1 Å². The Morgan fingerprint density at radius 2 is 0.984 bits per heavy atom. The van der Waals surface area contributed by atoms with Crippen LogP contribution in [0.25, 0.3) is 0 Å². The summed E-state index contributed by atoms with van der Waals surface area (Å²) in [6.07, 6.45) is 4.27. The van der Waals surface area contributed by atoms with Crippen LogP contribution in [-0.4, -0.2) is 109 Å². The van der Waals surface area contributed by atoms with E-state index in [1.54, 1.807) is 0 Å². The second-order valence-corrected chi connectivity index (χ2v) is 18.0. The van der Waals surface area contributed by atoms with Gasteiger partial charge in [-0.15, -0.1) is 0 Å². The lowest BCUT2D eigenvalue weighted by Crippen LogP contribution is -2.45. The topological polar surface area (TPSA) is 134 Å². The van der Waals surface area contributed by atoms with Gasteiger partial charge in [0.2, 0.25) is 0 Å². The van der Waals surface area contributed by atoms with Crippen molar-refractivity contribution in [3.63, 3.8) is 0 Å². The fourth-order valence-electron chi connectivity index (χ4n) is 10.6. The van der Waals surface area contributed by atoms with Crippen LogP contribution in [0.15, 0.2) is 48.5 Å². The molecule has 0 spiro atoms. The van der Waals surface area contributed by atoms with Gasteiger partial charge in [0.05, 0.1) is 61.0 Å². The van der Waals surface area contributed by atoms with Gasteiger partial charge in [0.15, 0.2) is 0 Å². The average molecular weight is 841 g/mol. The first-order valence-corrected chi connectivity index (χ1v) is 22.6. The average Bonchev–Trinajstić information content (AvgIpc) is 4.09. The highest BCUT2D eigenvalue weighted by atomic mass is 16.5. The standard InChI is InChI=1S/2C24H28N4O3/c2*1-15-10-20-22(21-12-25-6-9-28(21)24(20)29)26-23(15)27-7-4-18(5-8-27)31-19-3-2-16-13-30-14-17(16)11-19/h2*2-3,10-11,18,21,25H,4-9,12-14H2,1H3. The molecule has 14 heteroatoms. The molecule has 2 aromatic heterocycles. The number of benzene rings is 2. The first-order valence-electron chi connectivity index (χ1n) is 22.6. The van der Waals surface area contributed by atoms with Crippen molar-refractivity contribution in [1.29, 1.82) is 0 Å². The highest BCUT2D eigenvalue weighted by molar-refractivity contribution is 6.00. The summed E-state index contributed by atoms with van der Waals surface area (Å²) in [4.78, 5) is 44.3. The molecule has 14 nitrogen and oxygen atoms in total. The van der Waals surface area contributed by atoms with Crippen LogP contribution in [0.3, 0.4) is 0 Å². The normalized spacial score (nSPS) is 23.0. The number of fused-ring (bicyclic) bond motifs is 8. The zero-order valence-corrected chi connectivity index (χ0v) is 35.8. The minimum Gasteiger partial charge on any atom is -0.490 e. The van der Waals surface area contributed by atoms with E-state index in [0.717, 1.165) is 148 Å². The lowest BCUT2D eigenvalue weighted by atomic mass is 10.0. The Labute approximate surface area is 362 Å². The van der Waals surface area contributed by atoms with E-state index in [1.807, 2.05) is 21.9 Å². The minimum atomic E-state index is 0.0697. The smallest absolute Gasteiger partial charge is 0.256 e. The molecule has 2 amide bonds. The number of hydrogen-bond donors (Lipinski definition) is 2. The second-order valence-electron chi connectivity index (χ2n) is 18.0. The van der Waals surface area contributed by atoms with E-state index in [4.69, 9.17) is 28.9 Å². The molecule has 4 saturated heterocycles. The first-order chi connectivity index (χ1) is 30.3. The summed E-state index contributed by atoms with van der Waals surface area (Å²) in [6, 6.07) is 16.9. The van der Waals surface area contributed by atoms with Crippen molar-refractivity contribution in [3.8, 4) is 11.5 Å². The monoisotopic (exact) mass is 840 g/mol. The maximum absolute atomic E-state index is 12.8. The van der Waals surface area contributed by atoms with Gasteiger partial charge in [-0.05, 0) is 83.6 Å². The van der Waals surface area contributed by atoms with Crippen molar-refractivity contribution in [2.45, 2.75) is 90.2 Å². The largest absolute Gasteiger partial charge is 0.490 e. The van der Waals surface area contributed by atoms with E-state index in [-0.39, 0.29) is 36.1 Å². The van der Waals surface area contributed by atoms with E-state index in [9.17, 15) is 9.59 Å². The van der Waals surface area contributed by atoms with Gasteiger partial charge in [-0.2, -0.15) is 0 Å². The van der Waals surface area contributed by atoms with Crippen LogP contribution in [0.1, 0.15) is 103 Å². The number of aryl methyl sites for hydroxylation is 2. The number of nitrogens with one attached hydrogen (secondary N) is 2. The van der Waals surface area contributed by atoms with Gasteiger partial charge < -0.3 is 49.2 Å². The number of rotatable bonds is 6. The number of carbonyl (C=O) groups is 2. The number of pyridine rings is 2. The zero-order valence-electron chi connectivity index (χ0n) is 35.8. The van der Waals surface area contributed by atoms with Crippen LogP contribution >= 0.6 is 0 Å². The molecule has 0 bridgehead atoms. The Hall–Kier alpha value is -5.28. The minimum absolute atomic E-state index is 0.0697. The number of anilines is 2. The molecular formula is C48H56N8O6. The van der Waals surface area contributed by atoms with Crippen LogP contribution in [-0.2, 0) is 35.9 Å². The third-order valence-electron chi connectivity index (χ3n) is 14.0. The third kappa shape index (κ3) is 7.34. The molecule has 12 rings (SSSR count). The maximum atomic E-state index is 12.8. The Balaban J connectivity index is 0.000000139. The molecule has 0 aliphatic carbocycles. The molecule has 2 aromatic carbocycles. The summed E-state index contributed by atoms with van der Waals surface area (Å²) in [5.41, 5.74) is 10.6. The Bertz CT molecular complexity index is 2230. The number of nitrogens with zero attached hydrogens (tertiary/aromatic N) is 6. The number of piperidine rings is 2. The quantitative estimate of drug-likeness (QED) is 0.267. The lowest BCUT2D eigenvalue weighted by molar-refractivity contribution is 0.0682. The Morgan fingerprint density at radius 3 is 1.42 bits per heavy atom. The van der Waals surface area contributed by atoms with E-state index in [2.05, 4.69) is 70.7 Å². The van der Waals surface area contributed by atoms with Crippen molar-refractivity contribution in [2.24, 2.45) is 0 Å². The van der Waals surface area contributed by atoms with Gasteiger partial charge in [0.25, 0.3) is 11.8 Å². The summed E-state index contributed by atoms with van der Waals surface area (Å²) < 4.78 is 23.6. The van der Waals surface area contributed by atoms with E-state index in [1.165, 1.54) is 22.3 Å². The molecule has 2 N–H and O–H groups in total. The maximum Gasteiger partial charge on any atom is 0.256 e. The van der Waals surface area contributed by atoms with Gasteiger partial charge in [0.1, 0.15) is 35.3 Å². The summed E-state index contributed by atoms with van der Waals surface area (Å²) >= 11 is 0. The van der Waals surface area contributed by atoms with Gasteiger partial charge in [-0.1, -0.05) is 12.1 Å². The van der Waals surface area contributed by atoms with Gasteiger partial charge in [-0.3, -0.25) is 9.59 Å². The van der Waals surface area contributed by atoms with Gasteiger partial charge in [-0.25, -0.2) is 9.97 Å². The summed E-state index contributed by atoms with van der Waals surface area (Å²) in [5.74, 6) is 4.20. The van der Waals surface area contributed by atoms with Crippen molar-refractivity contribution in [1.82, 2.24) is 30.4 Å².